The van der Waals surface area contributed by atoms with Crippen LogP contribution in [0.15, 0.2) is 0 Å². The molecule has 0 amide bonds. The highest BCUT2D eigenvalue weighted by Crippen LogP contribution is 2.28. The first-order valence-corrected chi connectivity index (χ1v) is 2.39. The SMILES string of the molecule is N=CC(=O)C1CC1. The molecule has 0 spiro atoms. The monoisotopic (exact) mass is 97.1 g/mol. The van der Waals surface area contributed by atoms with Gasteiger partial charge in [0.25, 0.3) is 0 Å². The molecule has 0 aromatic carbocycles. The summed E-state index contributed by atoms with van der Waals surface area (Å²) in [5.74, 6) is 0.234. The van der Waals surface area contributed by atoms with Crippen LogP contribution in [0.2, 0.25) is 0 Å². The van der Waals surface area contributed by atoms with Crippen molar-refractivity contribution in [3.8, 4) is 0 Å². The van der Waals surface area contributed by atoms with Gasteiger partial charge in [-0.25, -0.2) is 0 Å². The van der Waals surface area contributed by atoms with Gasteiger partial charge in [0.1, 0.15) is 0 Å². The van der Waals surface area contributed by atoms with E-state index in [0.29, 0.717) is 0 Å². The minimum absolute atomic E-state index is 0.000000000000000222. The van der Waals surface area contributed by atoms with E-state index in [2.05, 4.69) is 0 Å². The van der Waals surface area contributed by atoms with Crippen molar-refractivity contribution in [1.29, 1.82) is 5.41 Å². The summed E-state index contributed by atoms with van der Waals surface area (Å²) in [6.45, 7) is 0. The van der Waals surface area contributed by atoms with Gasteiger partial charge in [-0.15, -0.1) is 0 Å². The Morgan fingerprint density at radius 3 is 2.43 bits per heavy atom. The molecular formula is C5H7NO. The third kappa shape index (κ3) is 0.856. The van der Waals surface area contributed by atoms with E-state index in [9.17, 15) is 4.79 Å². The quantitative estimate of drug-likeness (QED) is 0.504. The van der Waals surface area contributed by atoms with E-state index in [1.807, 2.05) is 0 Å². The molecule has 38 valence electrons. The molecule has 0 heterocycles. The van der Waals surface area contributed by atoms with Crippen LogP contribution in [0.5, 0.6) is 0 Å². The minimum Gasteiger partial charge on any atom is -0.305 e. The summed E-state index contributed by atoms with van der Waals surface area (Å²) in [4.78, 5) is 10.3. The third-order valence-electron chi connectivity index (χ3n) is 1.12. The second-order valence-electron chi connectivity index (χ2n) is 1.82. The predicted molar refractivity (Wildman–Crippen MR) is 26.5 cm³/mol. The van der Waals surface area contributed by atoms with Crippen LogP contribution in [-0.4, -0.2) is 12.0 Å². The molecule has 0 atom stereocenters. The van der Waals surface area contributed by atoms with Gasteiger partial charge in [0, 0.05) is 5.92 Å². The number of hydrogen-bond acceptors (Lipinski definition) is 2. The van der Waals surface area contributed by atoms with E-state index < -0.39 is 0 Å². The molecule has 0 bridgehead atoms. The first-order valence-electron chi connectivity index (χ1n) is 2.39. The number of ketones is 1. The number of rotatable bonds is 2. The molecule has 0 aromatic rings. The van der Waals surface area contributed by atoms with Crippen LogP contribution in [0.3, 0.4) is 0 Å². The second-order valence-corrected chi connectivity index (χ2v) is 1.82. The largest absolute Gasteiger partial charge is 0.305 e. The summed E-state index contributed by atoms with van der Waals surface area (Å²) >= 11 is 0. The zero-order valence-corrected chi connectivity index (χ0v) is 3.98. The van der Waals surface area contributed by atoms with Crippen molar-refractivity contribution in [3.63, 3.8) is 0 Å². The van der Waals surface area contributed by atoms with Crippen molar-refractivity contribution < 1.29 is 4.79 Å². The average Bonchev–Trinajstić information content (AvgIpc) is 2.44. The van der Waals surface area contributed by atoms with Gasteiger partial charge in [0.15, 0.2) is 5.78 Å². The summed E-state index contributed by atoms with van der Waals surface area (Å²) in [5, 5.41) is 6.50. The van der Waals surface area contributed by atoms with Gasteiger partial charge in [-0.05, 0) is 12.8 Å². The van der Waals surface area contributed by atoms with Gasteiger partial charge in [-0.2, -0.15) is 0 Å². The minimum atomic E-state index is 0.000000000000000222. The molecule has 2 heteroatoms. The molecule has 0 aliphatic heterocycles. The van der Waals surface area contributed by atoms with E-state index >= 15 is 0 Å². The van der Waals surface area contributed by atoms with Gasteiger partial charge in [0.2, 0.25) is 0 Å². The van der Waals surface area contributed by atoms with E-state index in [1.165, 1.54) is 0 Å². The summed E-state index contributed by atoms with van der Waals surface area (Å²) in [5.41, 5.74) is 0. The number of nitrogens with one attached hydrogen (secondary N) is 1. The van der Waals surface area contributed by atoms with Gasteiger partial charge < -0.3 is 5.41 Å². The molecule has 0 saturated heterocycles. The second kappa shape index (κ2) is 1.45. The fraction of sp³-hybridized carbons (Fsp3) is 0.600. The fourth-order valence-corrected chi connectivity index (χ4v) is 0.486. The molecule has 1 fully saturated rings. The van der Waals surface area contributed by atoms with Gasteiger partial charge in [-0.3, -0.25) is 4.79 Å². The first kappa shape index (κ1) is 4.50. The molecule has 1 aliphatic carbocycles. The van der Waals surface area contributed by atoms with Crippen molar-refractivity contribution in [3.05, 3.63) is 0 Å². The molecule has 1 saturated carbocycles. The molecule has 7 heavy (non-hydrogen) atoms. The van der Waals surface area contributed by atoms with E-state index in [-0.39, 0.29) is 11.7 Å². The Kier molecular flexibility index (Phi) is 0.929. The summed E-state index contributed by atoms with van der Waals surface area (Å²) in [7, 11) is 0. The highest BCUT2D eigenvalue weighted by atomic mass is 16.1. The third-order valence-corrected chi connectivity index (χ3v) is 1.12. The van der Waals surface area contributed by atoms with Gasteiger partial charge in [-0.1, -0.05) is 0 Å². The molecule has 0 unspecified atom stereocenters. The Morgan fingerprint density at radius 2 is 2.29 bits per heavy atom. The lowest BCUT2D eigenvalue weighted by Gasteiger charge is -1.77. The van der Waals surface area contributed by atoms with Gasteiger partial charge in [0.05, 0.1) is 6.21 Å². The highest BCUT2D eigenvalue weighted by molar-refractivity contribution is 6.27. The highest BCUT2D eigenvalue weighted by Gasteiger charge is 2.27. The predicted octanol–water partition coefficient (Wildman–Crippen LogP) is 0.615. The Hall–Kier alpha value is -0.660. The standard InChI is InChI=1S/C5H7NO/c6-3-5(7)4-1-2-4/h3-4,6H,1-2H2. The Bertz CT molecular complexity index is 105. The molecule has 1 aliphatic rings. The summed E-state index contributed by atoms with van der Waals surface area (Å²) in [6, 6.07) is 0. The van der Waals surface area contributed by atoms with E-state index in [0.717, 1.165) is 19.1 Å². The molecule has 2 nitrogen and oxygen atoms in total. The van der Waals surface area contributed by atoms with Crippen LogP contribution in [0.25, 0.3) is 0 Å². The molecule has 0 aromatic heterocycles. The summed E-state index contributed by atoms with van der Waals surface area (Å²) < 4.78 is 0. The van der Waals surface area contributed by atoms with Crippen LogP contribution >= 0.6 is 0 Å². The number of carbonyl (C=O) groups excluding carboxylic acids is 1. The van der Waals surface area contributed by atoms with Crippen molar-refractivity contribution in [2.24, 2.45) is 5.92 Å². The average molecular weight is 97.1 g/mol. The number of Topliss-reactive ketones (excluding diaryl/α,β-unsaturated/α-hetero) is 1. The van der Waals surface area contributed by atoms with E-state index in [1.54, 1.807) is 0 Å². The Labute approximate surface area is 42.0 Å². The van der Waals surface area contributed by atoms with Crippen LogP contribution in [0.4, 0.5) is 0 Å². The molecule has 0 radical (unpaired) electrons. The Balaban J connectivity index is 2.37. The fourth-order valence-electron chi connectivity index (χ4n) is 0.486. The maximum atomic E-state index is 10.3. The lowest BCUT2D eigenvalue weighted by molar-refractivity contribution is -0.113. The molecular weight excluding hydrogens is 90.1 g/mol. The summed E-state index contributed by atoms with van der Waals surface area (Å²) in [6.07, 6.45) is 2.93. The first-order chi connectivity index (χ1) is 3.34. The van der Waals surface area contributed by atoms with Crippen LogP contribution < -0.4 is 0 Å². The maximum Gasteiger partial charge on any atom is 0.176 e. The smallest absolute Gasteiger partial charge is 0.176 e. The zero-order chi connectivity index (χ0) is 5.28. The lowest BCUT2D eigenvalue weighted by Crippen LogP contribution is -1.98. The van der Waals surface area contributed by atoms with E-state index in [4.69, 9.17) is 5.41 Å². The van der Waals surface area contributed by atoms with Crippen molar-refractivity contribution in [2.75, 3.05) is 0 Å². The zero-order valence-electron chi connectivity index (χ0n) is 3.98. The Morgan fingerprint density at radius 1 is 1.71 bits per heavy atom. The number of hydrogen-bond donors (Lipinski definition) is 1. The lowest BCUT2D eigenvalue weighted by atomic mass is 10.3. The molecule has 1 rings (SSSR count). The normalized spacial score (nSPS) is 18.9. The van der Waals surface area contributed by atoms with Crippen LogP contribution in [-0.2, 0) is 4.79 Å². The van der Waals surface area contributed by atoms with Crippen LogP contribution in [0.1, 0.15) is 12.8 Å². The van der Waals surface area contributed by atoms with Crippen LogP contribution in [0, 0.1) is 11.3 Å². The molecule has 1 N–H and O–H groups in total. The number of carbonyl (C=O) groups is 1. The van der Waals surface area contributed by atoms with Crippen molar-refractivity contribution in [1.82, 2.24) is 0 Å². The topological polar surface area (TPSA) is 40.9 Å². The van der Waals surface area contributed by atoms with Crippen molar-refractivity contribution >= 4 is 12.0 Å². The van der Waals surface area contributed by atoms with Crippen molar-refractivity contribution in [2.45, 2.75) is 12.8 Å². The van der Waals surface area contributed by atoms with Gasteiger partial charge >= 0.3 is 0 Å². The maximum absolute atomic E-state index is 10.3.